The lowest BCUT2D eigenvalue weighted by molar-refractivity contribution is 0.100. The molecule has 0 saturated carbocycles. The smallest absolute Gasteiger partial charge is 0.320 e. The molecule has 0 radical (unpaired) electrons. The Morgan fingerprint density at radius 1 is 1.20 bits per heavy atom. The SMILES string of the molecule is COc1ccc(CNC(=O)Nc2sc3c(c2C(N)=O)CCCC3)cc1. The van der Waals surface area contributed by atoms with Gasteiger partial charge in [0.15, 0.2) is 0 Å². The molecule has 1 heterocycles. The van der Waals surface area contributed by atoms with Gasteiger partial charge >= 0.3 is 6.03 Å². The molecule has 7 heteroatoms. The molecule has 6 nitrogen and oxygen atoms in total. The quantitative estimate of drug-likeness (QED) is 0.766. The van der Waals surface area contributed by atoms with Gasteiger partial charge in [0.25, 0.3) is 5.91 Å². The highest BCUT2D eigenvalue weighted by atomic mass is 32.1. The summed E-state index contributed by atoms with van der Waals surface area (Å²) in [5, 5.41) is 6.13. The third-order valence-electron chi connectivity index (χ3n) is 4.26. The van der Waals surface area contributed by atoms with Gasteiger partial charge in [-0.25, -0.2) is 4.79 Å². The lowest BCUT2D eigenvalue weighted by Gasteiger charge is -2.11. The number of nitrogens with two attached hydrogens (primary N) is 1. The van der Waals surface area contributed by atoms with Crippen molar-refractivity contribution in [2.45, 2.75) is 32.2 Å². The number of hydrogen-bond acceptors (Lipinski definition) is 4. The molecule has 0 aliphatic heterocycles. The highest BCUT2D eigenvalue weighted by Crippen LogP contribution is 2.37. The maximum atomic E-state index is 12.2. The van der Waals surface area contributed by atoms with Crippen molar-refractivity contribution >= 4 is 28.3 Å². The maximum absolute atomic E-state index is 12.2. The number of rotatable bonds is 5. The average Bonchev–Trinajstić information content (AvgIpc) is 2.98. The van der Waals surface area contributed by atoms with Crippen molar-refractivity contribution < 1.29 is 14.3 Å². The third kappa shape index (κ3) is 3.93. The van der Waals surface area contributed by atoms with Crippen LogP contribution in [0.2, 0.25) is 0 Å². The predicted octanol–water partition coefficient (Wildman–Crippen LogP) is 3.06. The molecule has 0 bridgehead atoms. The standard InChI is InChI=1S/C18H21N3O3S/c1-24-12-8-6-11(7-9-12)10-20-18(23)21-17-15(16(19)22)13-4-2-3-5-14(13)25-17/h6-9H,2-5,10H2,1H3,(H2,19,22)(H2,20,21,23). The number of hydrogen-bond donors (Lipinski definition) is 3. The first kappa shape index (κ1) is 17.3. The maximum Gasteiger partial charge on any atom is 0.320 e. The van der Waals surface area contributed by atoms with Crippen LogP contribution in [0.15, 0.2) is 24.3 Å². The fourth-order valence-corrected chi connectivity index (χ4v) is 4.28. The van der Waals surface area contributed by atoms with Crippen molar-refractivity contribution in [1.29, 1.82) is 0 Å². The predicted molar refractivity (Wildman–Crippen MR) is 98.3 cm³/mol. The van der Waals surface area contributed by atoms with Crippen LogP contribution in [-0.4, -0.2) is 19.0 Å². The third-order valence-corrected chi connectivity index (χ3v) is 5.46. The summed E-state index contributed by atoms with van der Waals surface area (Å²) in [4.78, 5) is 25.2. The number of urea groups is 1. The van der Waals surface area contributed by atoms with Crippen LogP contribution < -0.4 is 21.1 Å². The second kappa shape index (κ2) is 7.57. The molecule has 0 fully saturated rings. The van der Waals surface area contributed by atoms with Gasteiger partial charge in [0.2, 0.25) is 0 Å². The second-order valence-electron chi connectivity index (χ2n) is 5.94. The molecule has 4 N–H and O–H groups in total. The molecule has 1 aromatic heterocycles. The Balaban J connectivity index is 1.66. The van der Waals surface area contributed by atoms with Gasteiger partial charge in [0.05, 0.1) is 12.7 Å². The van der Waals surface area contributed by atoms with Crippen molar-refractivity contribution in [2.24, 2.45) is 5.73 Å². The van der Waals surface area contributed by atoms with Gasteiger partial charge < -0.3 is 15.8 Å². The Morgan fingerprint density at radius 3 is 2.60 bits per heavy atom. The highest BCUT2D eigenvalue weighted by molar-refractivity contribution is 7.17. The molecule has 0 unspecified atom stereocenters. The summed E-state index contributed by atoms with van der Waals surface area (Å²) in [6, 6.07) is 7.10. The van der Waals surface area contributed by atoms with Gasteiger partial charge in [-0.15, -0.1) is 11.3 Å². The van der Waals surface area contributed by atoms with E-state index in [-0.39, 0.29) is 6.03 Å². The van der Waals surface area contributed by atoms with Gasteiger partial charge in [0, 0.05) is 11.4 Å². The van der Waals surface area contributed by atoms with Crippen LogP contribution in [0.3, 0.4) is 0 Å². The normalized spacial score (nSPS) is 13.0. The van der Waals surface area contributed by atoms with E-state index in [0.717, 1.165) is 47.4 Å². The number of carbonyl (C=O) groups excluding carboxylic acids is 2. The van der Waals surface area contributed by atoms with E-state index in [1.54, 1.807) is 7.11 Å². The lowest BCUT2D eigenvalue weighted by atomic mass is 9.95. The number of ether oxygens (including phenoxy) is 1. The Labute approximate surface area is 150 Å². The van der Waals surface area contributed by atoms with Crippen molar-refractivity contribution in [1.82, 2.24) is 5.32 Å². The van der Waals surface area contributed by atoms with E-state index in [4.69, 9.17) is 10.5 Å². The van der Waals surface area contributed by atoms with E-state index >= 15 is 0 Å². The van der Waals surface area contributed by atoms with Crippen LogP contribution in [0.1, 0.15) is 39.2 Å². The molecular weight excluding hydrogens is 338 g/mol. The van der Waals surface area contributed by atoms with E-state index in [9.17, 15) is 9.59 Å². The van der Waals surface area contributed by atoms with Crippen LogP contribution in [0.4, 0.5) is 9.80 Å². The number of methoxy groups -OCH3 is 1. The van der Waals surface area contributed by atoms with Gasteiger partial charge in [-0.05, 0) is 48.9 Å². The average molecular weight is 359 g/mol. The zero-order chi connectivity index (χ0) is 17.8. The first-order chi connectivity index (χ1) is 12.1. The molecule has 1 aromatic carbocycles. The van der Waals surface area contributed by atoms with E-state index < -0.39 is 5.91 Å². The minimum atomic E-state index is -0.482. The summed E-state index contributed by atoms with van der Waals surface area (Å²) in [5.41, 5.74) is 7.97. The number of anilines is 1. The minimum Gasteiger partial charge on any atom is -0.497 e. The van der Waals surface area contributed by atoms with Crippen LogP contribution in [0.5, 0.6) is 5.75 Å². The molecule has 132 valence electrons. The molecule has 1 aliphatic carbocycles. The number of fused-ring (bicyclic) bond motifs is 1. The molecule has 0 atom stereocenters. The number of benzene rings is 1. The Morgan fingerprint density at radius 2 is 1.92 bits per heavy atom. The summed E-state index contributed by atoms with van der Waals surface area (Å²) in [6.07, 6.45) is 3.94. The molecule has 25 heavy (non-hydrogen) atoms. The first-order valence-corrected chi connectivity index (χ1v) is 9.02. The molecule has 3 amide bonds. The number of thiophene rings is 1. The monoisotopic (exact) mass is 359 g/mol. The Bertz CT molecular complexity index is 784. The van der Waals surface area contributed by atoms with Crippen molar-refractivity contribution in [3.05, 3.63) is 45.8 Å². The number of aryl methyl sites for hydroxylation is 1. The molecule has 0 spiro atoms. The van der Waals surface area contributed by atoms with Crippen LogP contribution >= 0.6 is 11.3 Å². The number of amides is 3. The largest absolute Gasteiger partial charge is 0.497 e. The molecule has 1 aliphatic rings. The van der Waals surface area contributed by atoms with Gasteiger partial charge in [-0.3, -0.25) is 10.1 Å². The van der Waals surface area contributed by atoms with Crippen molar-refractivity contribution in [3.8, 4) is 5.75 Å². The topological polar surface area (TPSA) is 93.4 Å². The number of primary amides is 1. The molecule has 2 aromatic rings. The fraction of sp³-hybridized carbons (Fsp3) is 0.333. The van der Waals surface area contributed by atoms with Crippen LogP contribution in [0, 0.1) is 0 Å². The fourth-order valence-electron chi connectivity index (χ4n) is 2.99. The number of nitrogens with one attached hydrogen (secondary N) is 2. The zero-order valence-corrected chi connectivity index (χ0v) is 14.9. The minimum absolute atomic E-state index is 0.350. The van der Waals surface area contributed by atoms with Crippen molar-refractivity contribution in [2.75, 3.05) is 12.4 Å². The summed E-state index contributed by atoms with van der Waals surface area (Å²) >= 11 is 1.46. The molecular formula is C18H21N3O3S. The second-order valence-corrected chi connectivity index (χ2v) is 7.04. The van der Waals surface area contributed by atoms with Gasteiger partial charge in [-0.1, -0.05) is 12.1 Å². The summed E-state index contributed by atoms with van der Waals surface area (Å²) in [6.45, 7) is 0.382. The molecule has 3 rings (SSSR count). The summed E-state index contributed by atoms with van der Waals surface area (Å²) < 4.78 is 5.11. The van der Waals surface area contributed by atoms with Gasteiger partial charge in [0.1, 0.15) is 10.8 Å². The van der Waals surface area contributed by atoms with Crippen molar-refractivity contribution in [3.63, 3.8) is 0 Å². The lowest BCUT2D eigenvalue weighted by Crippen LogP contribution is -2.29. The van der Waals surface area contributed by atoms with E-state index in [1.807, 2.05) is 24.3 Å². The number of carbonyl (C=O) groups is 2. The summed E-state index contributed by atoms with van der Waals surface area (Å²) in [5.74, 6) is 0.285. The first-order valence-electron chi connectivity index (χ1n) is 8.20. The van der Waals surface area contributed by atoms with Crippen LogP contribution in [-0.2, 0) is 19.4 Å². The van der Waals surface area contributed by atoms with E-state index in [0.29, 0.717) is 17.1 Å². The zero-order valence-electron chi connectivity index (χ0n) is 14.1. The van der Waals surface area contributed by atoms with E-state index in [1.165, 1.54) is 11.3 Å². The highest BCUT2D eigenvalue weighted by Gasteiger charge is 2.24. The Kier molecular flexibility index (Phi) is 5.23. The van der Waals surface area contributed by atoms with E-state index in [2.05, 4.69) is 10.6 Å². The van der Waals surface area contributed by atoms with Crippen LogP contribution in [0.25, 0.3) is 0 Å². The van der Waals surface area contributed by atoms with Gasteiger partial charge in [-0.2, -0.15) is 0 Å². The summed E-state index contributed by atoms with van der Waals surface area (Å²) in [7, 11) is 1.61. The molecule has 0 saturated heterocycles. The Hall–Kier alpha value is -2.54.